The zero-order valence-electron chi connectivity index (χ0n) is 11.8. The van der Waals surface area contributed by atoms with Crippen molar-refractivity contribution in [2.45, 2.75) is 25.5 Å². The quantitative estimate of drug-likeness (QED) is 0.788. The van der Waals surface area contributed by atoms with E-state index in [1.54, 1.807) is 0 Å². The Bertz CT molecular complexity index is 467. The van der Waals surface area contributed by atoms with Gasteiger partial charge in [0, 0.05) is 12.5 Å². The van der Waals surface area contributed by atoms with E-state index in [0.29, 0.717) is 19.6 Å². The van der Waals surface area contributed by atoms with Gasteiger partial charge in [-0.05, 0) is 18.4 Å². The molecule has 0 saturated carbocycles. The van der Waals surface area contributed by atoms with E-state index < -0.39 is 6.04 Å². The molecule has 1 aliphatic rings. The Kier molecular flexibility index (Phi) is 7.36. The Labute approximate surface area is 130 Å². The summed E-state index contributed by atoms with van der Waals surface area (Å²) >= 11 is 0. The number of halogens is 1. The maximum atomic E-state index is 11.8. The van der Waals surface area contributed by atoms with Crippen molar-refractivity contribution in [1.82, 2.24) is 5.32 Å². The highest BCUT2D eigenvalue weighted by Crippen LogP contribution is 2.15. The molecule has 2 atom stereocenters. The van der Waals surface area contributed by atoms with Crippen LogP contribution in [0, 0.1) is 5.92 Å². The van der Waals surface area contributed by atoms with Gasteiger partial charge in [-0.25, -0.2) is 0 Å². The number of ketones is 1. The first-order valence-corrected chi connectivity index (χ1v) is 6.84. The lowest BCUT2D eigenvalue weighted by molar-refractivity contribution is -0.126. The van der Waals surface area contributed by atoms with Crippen molar-refractivity contribution in [3.8, 4) is 0 Å². The number of ether oxygens (including phenoxy) is 1. The minimum Gasteiger partial charge on any atom is -0.369 e. The van der Waals surface area contributed by atoms with E-state index >= 15 is 0 Å². The van der Waals surface area contributed by atoms with Gasteiger partial charge < -0.3 is 15.8 Å². The Balaban J connectivity index is 0.00000220. The summed E-state index contributed by atoms with van der Waals surface area (Å²) in [6, 6.07) is 9.02. The van der Waals surface area contributed by atoms with Crippen LogP contribution in [0.25, 0.3) is 0 Å². The van der Waals surface area contributed by atoms with E-state index in [1.165, 1.54) is 0 Å². The molecule has 1 unspecified atom stereocenters. The summed E-state index contributed by atoms with van der Waals surface area (Å²) in [6.45, 7) is 1.06. The van der Waals surface area contributed by atoms with E-state index in [0.717, 1.165) is 12.0 Å². The van der Waals surface area contributed by atoms with Gasteiger partial charge >= 0.3 is 0 Å². The lowest BCUT2D eigenvalue weighted by Gasteiger charge is -2.13. The van der Waals surface area contributed by atoms with Crippen LogP contribution in [0.1, 0.15) is 18.4 Å². The molecule has 2 rings (SSSR count). The van der Waals surface area contributed by atoms with Gasteiger partial charge in [-0.2, -0.15) is 0 Å². The fraction of sp³-hybridized carbons (Fsp3) is 0.467. The van der Waals surface area contributed by atoms with Gasteiger partial charge in [0.15, 0.2) is 5.78 Å². The first-order chi connectivity index (χ1) is 9.66. The van der Waals surface area contributed by atoms with Gasteiger partial charge in [0.05, 0.1) is 12.6 Å². The van der Waals surface area contributed by atoms with Crippen LogP contribution in [0.2, 0.25) is 0 Å². The molecule has 1 aliphatic heterocycles. The SMILES string of the molecule is Cl.NC(C[C@@H]1CCNC1=O)C(=O)COCc1ccccc1. The second kappa shape index (κ2) is 8.77. The standard InChI is InChI=1S/C15H20N2O3.ClH/c16-13(8-12-6-7-17-15(12)19)14(18)10-20-9-11-4-2-1-3-5-11;/h1-5,12-13H,6-10,16H2,(H,17,19);1H/t12-,13?;/m0./s1. The monoisotopic (exact) mass is 312 g/mol. The number of rotatable bonds is 7. The fourth-order valence-corrected chi connectivity index (χ4v) is 2.26. The lowest BCUT2D eigenvalue weighted by atomic mass is 9.97. The maximum Gasteiger partial charge on any atom is 0.223 e. The molecule has 116 valence electrons. The molecule has 1 amide bonds. The molecule has 0 aromatic heterocycles. The summed E-state index contributed by atoms with van der Waals surface area (Å²) in [7, 11) is 0. The highest BCUT2D eigenvalue weighted by atomic mass is 35.5. The van der Waals surface area contributed by atoms with Gasteiger partial charge in [-0.1, -0.05) is 30.3 Å². The highest BCUT2D eigenvalue weighted by molar-refractivity contribution is 5.86. The average Bonchev–Trinajstić information content (AvgIpc) is 2.85. The number of carbonyl (C=O) groups is 2. The summed E-state index contributed by atoms with van der Waals surface area (Å²) in [5.74, 6) is -0.290. The number of benzene rings is 1. The third kappa shape index (κ3) is 5.46. The van der Waals surface area contributed by atoms with Crippen LogP contribution in [0.4, 0.5) is 0 Å². The topological polar surface area (TPSA) is 81.4 Å². The molecular formula is C15H21ClN2O3. The smallest absolute Gasteiger partial charge is 0.223 e. The predicted molar refractivity (Wildman–Crippen MR) is 82.1 cm³/mol. The van der Waals surface area contributed by atoms with Crippen molar-refractivity contribution in [1.29, 1.82) is 0 Å². The van der Waals surface area contributed by atoms with Crippen LogP contribution < -0.4 is 11.1 Å². The number of amides is 1. The van der Waals surface area contributed by atoms with Gasteiger partial charge in [-0.3, -0.25) is 9.59 Å². The fourth-order valence-electron chi connectivity index (χ4n) is 2.26. The summed E-state index contributed by atoms with van der Waals surface area (Å²) in [5.41, 5.74) is 6.85. The van der Waals surface area contributed by atoms with Gasteiger partial charge in [0.1, 0.15) is 6.61 Å². The summed E-state index contributed by atoms with van der Waals surface area (Å²) in [6.07, 6.45) is 1.16. The summed E-state index contributed by atoms with van der Waals surface area (Å²) < 4.78 is 5.36. The summed E-state index contributed by atoms with van der Waals surface area (Å²) in [4.78, 5) is 23.3. The van der Waals surface area contributed by atoms with E-state index in [4.69, 9.17) is 10.5 Å². The van der Waals surface area contributed by atoms with E-state index in [-0.39, 0.29) is 36.6 Å². The Morgan fingerprint density at radius 1 is 1.38 bits per heavy atom. The van der Waals surface area contributed by atoms with Crippen LogP contribution in [-0.2, 0) is 20.9 Å². The van der Waals surface area contributed by atoms with Gasteiger partial charge in [0.2, 0.25) is 5.91 Å². The first-order valence-electron chi connectivity index (χ1n) is 6.84. The molecule has 1 aromatic carbocycles. The second-order valence-corrected chi connectivity index (χ2v) is 5.06. The number of Topliss-reactive ketones (excluding diaryl/α,β-unsaturated/α-hetero) is 1. The molecule has 5 nitrogen and oxygen atoms in total. The number of hydrogen-bond acceptors (Lipinski definition) is 4. The van der Waals surface area contributed by atoms with Crippen LogP contribution in [0.5, 0.6) is 0 Å². The molecule has 0 aliphatic carbocycles. The molecule has 0 bridgehead atoms. The largest absolute Gasteiger partial charge is 0.369 e. The van der Waals surface area contributed by atoms with Crippen molar-refractivity contribution < 1.29 is 14.3 Å². The Morgan fingerprint density at radius 3 is 2.71 bits per heavy atom. The van der Waals surface area contributed by atoms with Crippen molar-refractivity contribution in [3.63, 3.8) is 0 Å². The molecule has 3 N–H and O–H groups in total. The van der Waals surface area contributed by atoms with Crippen LogP contribution in [0.3, 0.4) is 0 Å². The molecule has 1 saturated heterocycles. The van der Waals surface area contributed by atoms with E-state index in [9.17, 15) is 9.59 Å². The van der Waals surface area contributed by atoms with Crippen molar-refractivity contribution >= 4 is 24.1 Å². The zero-order valence-corrected chi connectivity index (χ0v) is 12.6. The zero-order chi connectivity index (χ0) is 14.4. The van der Waals surface area contributed by atoms with Crippen molar-refractivity contribution in [2.24, 2.45) is 11.7 Å². The molecule has 1 heterocycles. The number of carbonyl (C=O) groups excluding carboxylic acids is 2. The predicted octanol–water partition coefficient (Wildman–Crippen LogP) is 1.05. The van der Waals surface area contributed by atoms with Gasteiger partial charge in [0.25, 0.3) is 0 Å². The number of nitrogens with two attached hydrogens (primary N) is 1. The van der Waals surface area contributed by atoms with Crippen LogP contribution in [0.15, 0.2) is 30.3 Å². The minimum atomic E-state index is -0.625. The Hall–Kier alpha value is -1.43. The molecule has 0 spiro atoms. The third-order valence-corrected chi connectivity index (χ3v) is 3.47. The highest BCUT2D eigenvalue weighted by Gasteiger charge is 2.28. The van der Waals surface area contributed by atoms with Gasteiger partial charge in [-0.15, -0.1) is 12.4 Å². The van der Waals surface area contributed by atoms with Crippen LogP contribution >= 0.6 is 12.4 Å². The van der Waals surface area contributed by atoms with Crippen LogP contribution in [-0.4, -0.2) is 30.9 Å². The minimum absolute atomic E-state index is 0. The second-order valence-electron chi connectivity index (χ2n) is 5.06. The first kappa shape index (κ1) is 17.6. The molecule has 1 fully saturated rings. The summed E-state index contributed by atoms with van der Waals surface area (Å²) in [5, 5.41) is 2.74. The number of hydrogen-bond donors (Lipinski definition) is 2. The normalized spacial score (nSPS) is 18.7. The number of nitrogens with one attached hydrogen (secondary N) is 1. The molecule has 0 radical (unpaired) electrons. The van der Waals surface area contributed by atoms with E-state index in [1.807, 2.05) is 30.3 Å². The average molecular weight is 313 g/mol. The lowest BCUT2D eigenvalue weighted by Crippen LogP contribution is -2.36. The maximum absolute atomic E-state index is 11.8. The molecule has 21 heavy (non-hydrogen) atoms. The molecular weight excluding hydrogens is 292 g/mol. The van der Waals surface area contributed by atoms with E-state index in [2.05, 4.69) is 5.32 Å². The molecule has 6 heteroatoms. The van der Waals surface area contributed by atoms with Crippen molar-refractivity contribution in [2.75, 3.05) is 13.2 Å². The molecule has 1 aromatic rings. The third-order valence-electron chi connectivity index (χ3n) is 3.47. The van der Waals surface area contributed by atoms with Crippen molar-refractivity contribution in [3.05, 3.63) is 35.9 Å². The Morgan fingerprint density at radius 2 is 2.10 bits per heavy atom.